The third-order valence-corrected chi connectivity index (χ3v) is 14.0. The van der Waals surface area contributed by atoms with E-state index in [0.717, 1.165) is 38.5 Å². The summed E-state index contributed by atoms with van der Waals surface area (Å²) in [5, 5.41) is 44.1. The fourth-order valence-electron chi connectivity index (χ4n) is 9.40. The van der Waals surface area contributed by atoms with Gasteiger partial charge < -0.3 is 25.7 Å². The molecule has 0 aromatic rings. The molecule has 0 aliphatic carbocycles. The summed E-state index contributed by atoms with van der Waals surface area (Å²) in [6.07, 6.45) is 62.8. The van der Waals surface area contributed by atoms with E-state index in [0.29, 0.717) is 12.8 Å². The van der Waals surface area contributed by atoms with E-state index in [1.54, 1.807) is 0 Å². The van der Waals surface area contributed by atoms with Gasteiger partial charge in [-0.15, -0.1) is 0 Å². The highest BCUT2D eigenvalue weighted by Gasteiger charge is 2.28. The van der Waals surface area contributed by atoms with Crippen molar-refractivity contribution < 1.29 is 25.2 Å². The molecule has 0 saturated heterocycles. The third-order valence-electron chi connectivity index (χ3n) is 14.0. The number of hydrogen-bond acceptors (Lipinski definition) is 5. The molecule has 4 atom stereocenters. The number of allylic oxidation sites excluding steroid dienone is 2. The molecule has 0 aromatic carbocycles. The van der Waals surface area contributed by atoms with Crippen molar-refractivity contribution in [1.29, 1.82) is 0 Å². The average Bonchev–Trinajstić information content (AvgIpc) is 3.30. The topological polar surface area (TPSA) is 110 Å². The molecule has 0 aliphatic heterocycles. The Labute approximate surface area is 400 Å². The van der Waals surface area contributed by atoms with E-state index in [-0.39, 0.29) is 0 Å². The molecular formula is C58H115NO5. The van der Waals surface area contributed by atoms with Crippen LogP contribution in [0.4, 0.5) is 0 Å². The Hall–Kier alpha value is -0.950. The monoisotopic (exact) mass is 906 g/mol. The second kappa shape index (κ2) is 53.0. The molecule has 64 heavy (non-hydrogen) atoms. The first-order valence-corrected chi connectivity index (χ1v) is 29.1. The van der Waals surface area contributed by atoms with Crippen molar-refractivity contribution in [2.75, 3.05) is 6.61 Å². The molecule has 0 fully saturated rings. The van der Waals surface area contributed by atoms with Crippen molar-refractivity contribution in [3.63, 3.8) is 0 Å². The van der Waals surface area contributed by atoms with E-state index in [2.05, 4.69) is 31.3 Å². The maximum atomic E-state index is 12.6. The number of amides is 1. The summed E-state index contributed by atoms with van der Waals surface area (Å²) >= 11 is 0. The van der Waals surface area contributed by atoms with Gasteiger partial charge in [0.05, 0.1) is 18.8 Å². The highest BCUT2D eigenvalue weighted by atomic mass is 16.3. The van der Waals surface area contributed by atoms with Gasteiger partial charge >= 0.3 is 0 Å². The van der Waals surface area contributed by atoms with Crippen LogP contribution in [0.1, 0.15) is 322 Å². The molecule has 0 heterocycles. The Morgan fingerprint density at radius 1 is 0.375 bits per heavy atom. The minimum atomic E-state index is -1.26. The zero-order valence-electron chi connectivity index (χ0n) is 43.3. The molecule has 0 bridgehead atoms. The van der Waals surface area contributed by atoms with Gasteiger partial charge in [-0.1, -0.05) is 296 Å². The zero-order valence-corrected chi connectivity index (χ0v) is 43.3. The zero-order chi connectivity index (χ0) is 46.7. The van der Waals surface area contributed by atoms with Gasteiger partial charge in [0.2, 0.25) is 5.91 Å². The number of aliphatic hydroxyl groups excluding tert-OH is 4. The minimum absolute atomic E-state index is 0.367. The molecule has 0 radical (unpaired) electrons. The highest BCUT2D eigenvalue weighted by molar-refractivity contribution is 5.80. The second-order valence-electron chi connectivity index (χ2n) is 20.3. The van der Waals surface area contributed by atoms with Crippen LogP contribution in [0.25, 0.3) is 0 Å². The molecule has 4 unspecified atom stereocenters. The number of nitrogens with one attached hydrogen (secondary N) is 1. The highest BCUT2D eigenvalue weighted by Crippen LogP contribution is 2.18. The summed E-state index contributed by atoms with van der Waals surface area (Å²) in [5.41, 5.74) is 0. The maximum absolute atomic E-state index is 12.6. The minimum Gasteiger partial charge on any atom is -0.394 e. The van der Waals surface area contributed by atoms with Crippen LogP contribution in [0.3, 0.4) is 0 Å². The van der Waals surface area contributed by atoms with Crippen LogP contribution < -0.4 is 5.32 Å². The molecule has 0 aliphatic rings. The van der Waals surface area contributed by atoms with Gasteiger partial charge in [0.1, 0.15) is 12.2 Å². The first-order valence-electron chi connectivity index (χ1n) is 29.1. The van der Waals surface area contributed by atoms with Gasteiger partial charge in [-0.3, -0.25) is 4.79 Å². The lowest BCUT2D eigenvalue weighted by molar-refractivity contribution is -0.132. The van der Waals surface area contributed by atoms with Gasteiger partial charge in [-0.05, 0) is 38.5 Å². The Kier molecular flexibility index (Phi) is 52.2. The lowest BCUT2D eigenvalue weighted by Gasteiger charge is -2.27. The van der Waals surface area contributed by atoms with E-state index in [1.165, 1.54) is 257 Å². The van der Waals surface area contributed by atoms with Crippen molar-refractivity contribution >= 4 is 5.91 Å². The van der Waals surface area contributed by atoms with E-state index in [9.17, 15) is 25.2 Å². The quantitative estimate of drug-likeness (QED) is 0.0308. The first-order chi connectivity index (χ1) is 31.5. The van der Waals surface area contributed by atoms with Crippen LogP contribution >= 0.6 is 0 Å². The van der Waals surface area contributed by atoms with Crippen molar-refractivity contribution in [2.45, 2.75) is 346 Å². The lowest BCUT2D eigenvalue weighted by Crippen LogP contribution is -2.53. The van der Waals surface area contributed by atoms with Crippen molar-refractivity contribution in [3.8, 4) is 0 Å². The van der Waals surface area contributed by atoms with Gasteiger partial charge in [0.25, 0.3) is 0 Å². The summed E-state index contributed by atoms with van der Waals surface area (Å²) in [6.45, 7) is 4.10. The summed E-state index contributed by atoms with van der Waals surface area (Å²) in [7, 11) is 0. The molecular weight excluding hydrogens is 791 g/mol. The standard InChI is InChI=1S/C58H115NO5/c1-3-5-7-9-11-13-15-17-19-21-23-25-27-28-30-31-33-35-37-39-41-43-45-47-49-51-55(61)57(63)54(53-60)59-58(64)56(62)52-50-48-46-44-42-40-38-36-34-32-29-26-24-22-20-18-16-14-12-10-8-6-4-2/h32,34,54-57,60-63H,3-31,33,35-53H2,1-2H3,(H,59,64)/b34-32-. The van der Waals surface area contributed by atoms with Gasteiger partial charge in [-0.25, -0.2) is 0 Å². The lowest BCUT2D eigenvalue weighted by atomic mass is 9.99. The molecule has 1 amide bonds. The number of carbonyl (C=O) groups excluding carboxylic acids is 1. The molecule has 0 spiro atoms. The second-order valence-corrected chi connectivity index (χ2v) is 20.3. The SMILES string of the molecule is CCCCCCCCCCCCCC/C=C\CCCCCCCCCC(O)C(=O)NC(CO)C(O)C(O)CCCCCCCCCCCCCCCCCCCCCCCCCCC. The Morgan fingerprint density at radius 2 is 0.625 bits per heavy atom. The molecule has 382 valence electrons. The number of carbonyl (C=O) groups is 1. The van der Waals surface area contributed by atoms with Crippen LogP contribution in [-0.2, 0) is 4.79 Å². The van der Waals surface area contributed by atoms with E-state index in [4.69, 9.17) is 0 Å². The van der Waals surface area contributed by atoms with E-state index in [1.807, 2.05) is 0 Å². The molecule has 6 nitrogen and oxygen atoms in total. The molecule has 5 N–H and O–H groups in total. The predicted molar refractivity (Wildman–Crippen MR) is 279 cm³/mol. The summed E-state index contributed by atoms with van der Waals surface area (Å²) in [5.74, 6) is -0.581. The molecule has 0 rings (SSSR count). The number of rotatable bonds is 54. The molecule has 0 aromatic heterocycles. The number of unbranched alkanes of at least 4 members (excludes halogenated alkanes) is 43. The number of aliphatic hydroxyl groups is 4. The Bertz CT molecular complexity index is 928. The predicted octanol–water partition coefficient (Wildman–Crippen LogP) is 16.9. The van der Waals surface area contributed by atoms with Crippen LogP contribution in [0.2, 0.25) is 0 Å². The van der Waals surface area contributed by atoms with Crippen molar-refractivity contribution in [3.05, 3.63) is 12.2 Å². The van der Waals surface area contributed by atoms with Gasteiger partial charge in [0, 0.05) is 0 Å². The Balaban J connectivity index is 3.60. The van der Waals surface area contributed by atoms with E-state index < -0.39 is 36.9 Å². The third kappa shape index (κ3) is 46.2. The average molecular weight is 907 g/mol. The molecule has 0 saturated carbocycles. The molecule has 6 heteroatoms. The van der Waals surface area contributed by atoms with E-state index >= 15 is 0 Å². The van der Waals surface area contributed by atoms with Crippen LogP contribution in [0.5, 0.6) is 0 Å². The van der Waals surface area contributed by atoms with Crippen LogP contribution in [-0.4, -0.2) is 57.3 Å². The summed E-state index contributed by atoms with van der Waals surface area (Å²) in [4.78, 5) is 12.6. The Morgan fingerprint density at radius 3 is 0.906 bits per heavy atom. The van der Waals surface area contributed by atoms with Crippen molar-refractivity contribution in [2.24, 2.45) is 0 Å². The fourth-order valence-corrected chi connectivity index (χ4v) is 9.40. The largest absolute Gasteiger partial charge is 0.394 e. The first kappa shape index (κ1) is 63.0. The van der Waals surface area contributed by atoms with Crippen LogP contribution in [0.15, 0.2) is 12.2 Å². The number of hydrogen-bond donors (Lipinski definition) is 5. The van der Waals surface area contributed by atoms with Gasteiger partial charge in [-0.2, -0.15) is 0 Å². The smallest absolute Gasteiger partial charge is 0.249 e. The van der Waals surface area contributed by atoms with Crippen LogP contribution in [0, 0.1) is 0 Å². The summed E-state index contributed by atoms with van der Waals surface area (Å²) < 4.78 is 0. The summed E-state index contributed by atoms with van der Waals surface area (Å²) in [6, 6.07) is -0.986. The maximum Gasteiger partial charge on any atom is 0.249 e. The fraction of sp³-hybridized carbons (Fsp3) is 0.948. The normalized spacial score (nSPS) is 13.8. The van der Waals surface area contributed by atoms with Gasteiger partial charge in [0.15, 0.2) is 0 Å². The van der Waals surface area contributed by atoms with Crippen molar-refractivity contribution in [1.82, 2.24) is 5.32 Å².